The molecule has 1 aromatic heterocycles. The number of aromatic nitrogens is 1. The first kappa shape index (κ1) is 13.2. The molecule has 2 N–H and O–H groups in total. The Kier molecular flexibility index (Phi) is 4.94. The Morgan fingerprint density at radius 1 is 1.25 bits per heavy atom. The highest BCUT2D eigenvalue weighted by molar-refractivity contribution is 5.03. The van der Waals surface area contributed by atoms with Crippen molar-refractivity contribution in [2.24, 2.45) is 11.1 Å². The molecule has 0 amide bonds. The molecular formula is C14H24N2. The summed E-state index contributed by atoms with van der Waals surface area (Å²) in [5.74, 6) is 0. The van der Waals surface area contributed by atoms with Crippen molar-refractivity contribution in [1.82, 2.24) is 4.98 Å². The van der Waals surface area contributed by atoms with E-state index in [-0.39, 0.29) is 0 Å². The summed E-state index contributed by atoms with van der Waals surface area (Å²) >= 11 is 0. The van der Waals surface area contributed by atoms with Crippen LogP contribution < -0.4 is 5.73 Å². The van der Waals surface area contributed by atoms with Gasteiger partial charge < -0.3 is 5.73 Å². The molecule has 0 bridgehead atoms. The van der Waals surface area contributed by atoms with Crippen LogP contribution >= 0.6 is 0 Å². The van der Waals surface area contributed by atoms with E-state index in [4.69, 9.17) is 5.73 Å². The molecule has 0 aliphatic heterocycles. The Balaban J connectivity index is 2.23. The third-order valence-electron chi connectivity index (χ3n) is 2.76. The molecule has 0 spiro atoms. The zero-order chi connectivity index (χ0) is 12.0. The molecule has 0 saturated carbocycles. The van der Waals surface area contributed by atoms with Gasteiger partial charge in [0, 0.05) is 17.9 Å². The lowest BCUT2D eigenvalue weighted by Crippen LogP contribution is -2.23. The van der Waals surface area contributed by atoms with Crippen molar-refractivity contribution in [3.63, 3.8) is 0 Å². The van der Waals surface area contributed by atoms with Gasteiger partial charge in [-0.3, -0.25) is 4.98 Å². The molecule has 90 valence electrons. The van der Waals surface area contributed by atoms with Gasteiger partial charge >= 0.3 is 0 Å². The lowest BCUT2D eigenvalue weighted by atomic mass is 9.88. The molecule has 16 heavy (non-hydrogen) atoms. The average molecular weight is 220 g/mol. The fraction of sp³-hybridized carbons (Fsp3) is 0.643. The molecule has 0 radical (unpaired) electrons. The van der Waals surface area contributed by atoms with Crippen molar-refractivity contribution in [3.8, 4) is 0 Å². The Bertz CT molecular complexity index is 287. The van der Waals surface area contributed by atoms with Crippen molar-refractivity contribution < 1.29 is 0 Å². The van der Waals surface area contributed by atoms with Crippen LogP contribution in [0.5, 0.6) is 0 Å². The monoisotopic (exact) mass is 220 g/mol. The van der Waals surface area contributed by atoms with E-state index >= 15 is 0 Å². The molecule has 1 heterocycles. The second-order valence-corrected chi connectivity index (χ2v) is 5.72. The van der Waals surface area contributed by atoms with Crippen molar-refractivity contribution in [1.29, 1.82) is 0 Å². The molecule has 1 aromatic rings. The van der Waals surface area contributed by atoms with Crippen LogP contribution in [-0.4, -0.2) is 11.0 Å². The van der Waals surface area contributed by atoms with E-state index in [1.807, 2.05) is 18.3 Å². The molecule has 1 rings (SSSR count). The van der Waals surface area contributed by atoms with Crippen molar-refractivity contribution in [2.75, 3.05) is 0 Å². The van der Waals surface area contributed by atoms with E-state index in [1.54, 1.807) is 0 Å². The van der Waals surface area contributed by atoms with Crippen LogP contribution in [-0.2, 0) is 6.42 Å². The number of pyridine rings is 1. The first-order chi connectivity index (χ1) is 7.47. The zero-order valence-electron chi connectivity index (χ0n) is 10.7. The molecule has 0 aliphatic rings. The van der Waals surface area contributed by atoms with E-state index in [1.165, 1.54) is 6.42 Å². The second-order valence-electron chi connectivity index (χ2n) is 5.72. The maximum atomic E-state index is 6.10. The summed E-state index contributed by atoms with van der Waals surface area (Å²) in [5.41, 5.74) is 7.64. The standard InChI is InChI=1S/C14H24N2/c1-14(2,3)10-9-12(15)7-8-13-6-4-5-11-16-13/h4-6,11-12H,7-10,15H2,1-3H3. The van der Waals surface area contributed by atoms with Crippen LogP contribution in [0.25, 0.3) is 0 Å². The van der Waals surface area contributed by atoms with E-state index < -0.39 is 0 Å². The molecule has 0 fully saturated rings. The zero-order valence-corrected chi connectivity index (χ0v) is 10.7. The summed E-state index contributed by atoms with van der Waals surface area (Å²) in [5, 5.41) is 0. The first-order valence-corrected chi connectivity index (χ1v) is 6.13. The van der Waals surface area contributed by atoms with Gasteiger partial charge in [0.25, 0.3) is 0 Å². The Hall–Kier alpha value is -0.890. The molecule has 2 nitrogen and oxygen atoms in total. The summed E-state index contributed by atoms with van der Waals surface area (Å²) in [6, 6.07) is 6.35. The number of nitrogens with zero attached hydrogens (tertiary/aromatic N) is 1. The summed E-state index contributed by atoms with van der Waals surface area (Å²) < 4.78 is 0. The minimum Gasteiger partial charge on any atom is -0.328 e. The molecule has 1 unspecified atom stereocenters. The molecule has 0 aliphatic carbocycles. The largest absolute Gasteiger partial charge is 0.328 e. The van der Waals surface area contributed by atoms with Crippen molar-refractivity contribution in [3.05, 3.63) is 30.1 Å². The number of rotatable bonds is 5. The van der Waals surface area contributed by atoms with Crippen LogP contribution in [0, 0.1) is 5.41 Å². The predicted molar refractivity (Wildman–Crippen MR) is 69.2 cm³/mol. The fourth-order valence-electron chi connectivity index (χ4n) is 1.64. The van der Waals surface area contributed by atoms with Gasteiger partial charge in [0.05, 0.1) is 0 Å². The summed E-state index contributed by atoms with van der Waals surface area (Å²) in [6.07, 6.45) is 6.17. The summed E-state index contributed by atoms with van der Waals surface area (Å²) in [6.45, 7) is 6.79. The Labute approximate surface area is 99.3 Å². The fourth-order valence-corrected chi connectivity index (χ4v) is 1.64. The Morgan fingerprint density at radius 2 is 2.00 bits per heavy atom. The minimum atomic E-state index is 0.307. The summed E-state index contributed by atoms with van der Waals surface area (Å²) in [4.78, 5) is 4.30. The summed E-state index contributed by atoms with van der Waals surface area (Å²) in [7, 11) is 0. The SMILES string of the molecule is CC(C)(C)CCC(N)CCc1ccccn1. The number of hydrogen-bond donors (Lipinski definition) is 1. The highest BCUT2D eigenvalue weighted by atomic mass is 14.7. The number of hydrogen-bond acceptors (Lipinski definition) is 2. The van der Waals surface area contributed by atoms with Crippen LogP contribution in [0.4, 0.5) is 0 Å². The molecule has 2 heteroatoms. The maximum absolute atomic E-state index is 6.10. The van der Waals surface area contributed by atoms with Gasteiger partial charge in [-0.05, 0) is 43.2 Å². The van der Waals surface area contributed by atoms with Gasteiger partial charge in [-0.1, -0.05) is 26.8 Å². The van der Waals surface area contributed by atoms with E-state index in [0.717, 1.165) is 25.0 Å². The Morgan fingerprint density at radius 3 is 2.56 bits per heavy atom. The van der Waals surface area contributed by atoms with E-state index in [0.29, 0.717) is 11.5 Å². The van der Waals surface area contributed by atoms with E-state index in [2.05, 4.69) is 31.8 Å². The molecule has 0 saturated heterocycles. The normalized spacial score (nSPS) is 13.8. The molecular weight excluding hydrogens is 196 g/mol. The highest BCUT2D eigenvalue weighted by Gasteiger charge is 2.12. The van der Waals surface area contributed by atoms with E-state index in [9.17, 15) is 0 Å². The second kappa shape index (κ2) is 6.00. The van der Waals surface area contributed by atoms with Crippen LogP contribution in [0.15, 0.2) is 24.4 Å². The lowest BCUT2D eigenvalue weighted by molar-refractivity contribution is 0.343. The lowest BCUT2D eigenvalue weighted by Gasteiger charge is -2.20. The van der Waals surface area contributed by atoms with Gasteiger partial charge in [0.15, 0.2) is 0 Å². The predicted octanol–water partition coefficient (Wildman–Crippen LogP) is 3.17. The van der Waals surface area contributed by atoms with Gasteiger partial charge in [0.2, 0.25) is 0 Å². The maximum Gasteiger partial charge on any atom is 0.0404 e. The van der Waals surface area contributed by atoms with Gasteiger partial charge in [-0.25, -0.2) is 0 Å². The first-order valence-electron chi connectivity index (χ1n) is 6.13. The van der Waals surface area contributed by atoms with Crippen LogP contribution in [0.1, 0.15) is 45.7 Å². The molecule has 1 atom stereocenters. The third kappa shape index (κ3) is 5.86. The van der Waals surface area contributed by atoms with Gasteiger partial charge in [-0.2, -0.15) is 0 Å². The van der Waals surface area contributed by atoms with Gasteiger partial charge in [0.1, 0.15) is 0 Å². The average Bonchev–Trinajstić information content (AvgIpc) is 2.24. The van der Waals surface area contributed by atoms with Gasteiger partial charge in [-0.15, -0.1) is 0 Å². The van der Waals surface area contributed by atoms with Crippen molar-refractivity contribution >= 4 is 0 Å². The topological polar surface area (TPSA) is 38.9 Å². The number of aryl methyl sites for hydroxylation is 1. The van der Waals surface area contributed by atoms with Crippen LogP contribution in [0.2, 0.25) is 0 Å². The quantitative estimate of drug-likeness (QED) is 0.827. The number of nitrogens with two attached hydrogens (primary N) is 1. The van der Waals surface area contributed by atoms with Crippen molar-refractivity contribution in [2.45, 2.75) is 52.5 Å². The molecule has 0 aromatic carbocycles. The smallest absolute Gasteiger partial charge is 0.0404 e. The highest BCUT2D eigenvalue weighted by Crippen LogP contribution is 2.22. The van der Waals surface area contributed by atoms with Crippen LogP contribution in [0.3, 0.4) is 0 Å². The minimum absolute atomic E-state index is 0.307. The third-order valence-corrected chi connectivity index (χ3v) is 2.76.